The molecule has 0 saturated carbocycles. The fourth-order valence-corrected chi connectivity index (χ4v) is 2.35. The minimum Gasteiger partial charge on any atom is -0.382 e. The van der Waals surface area contributed by atoms with E-state index >= 15 is 0 Å². The Labute approximate surface area is 104 Å². The summed E-state index contributed by atoms with van der Waals surface area (Å²) in [6.45, 7) is 2.98. The first-order valence-corrected chi connectivity index (χ1v) is 6.44. The van der Waals surface area contributed by atoms with Crippen molar-refractivity contribution < 1.29 is 4.39 Å². The lowest BCUT2D eigenvalue weighted by Crippen LogP contribution is -2.33. The average Bonchev–Trinajstić information content (AvgIpc) is 2.32. The Bertz CT molecular complexity index is 351. The van der Waals surface area contributed by atoms with E-state index in [1.807, 2.05) is 0 Å². The number of halogens is 2. The number of piperidine rings is 1. The largest absolute Gasteiger partial charge is 0.382 e. The molecule has 0 bridgehead atoms. The average molecular weight is 287 g/mol. The molecule has 1 aliphatic heterocycles. The molecule has 1 aromatic carbocycles. The summed E-state index contributed by atoms with van der Waals surface area (Å²) in [5.74, 6) is 0.416. The number of anilines is 1. The first-order chi connectivity index (χ1) is 7.75. The topological polar surface area (TPSA) is 24.1 Å². The molecule has 1 aromatic rings. The molecule has 16 heavy (non-hydrogen) atoms. The highest BCUT2D eigenvalue weighted by Gasteiger charge is 2.13. The number of hydrogen-bond donors (Lipinski definition) is 2. The van der Waals surface area contributed by atoms with E-state index in [1.54, 1.807) is 12.1 Å². The maximum atomic E-state index is 13.4. The monoisotopic (exact) mass is 286 g/mol. The fraction of sp³-hybridized carbons (Fsp3) is 0.500. The predicted octanol–water partition coefficient (Wildman–Crippen LogP) is 3.00. The van der Waals surface area contributed by atoms with Gasteiger partial charge in [-0.25, -0.2) is 4.39 Å². The second-order valence-electron chi connectivity index (χ2n) is 4.22. The predicted molar refractivity (Wildman–Crippen MR) is 68.2 cm³/mol. The van der Waals surface area contributed by atoms with Crippen molar-refractivity contribution in [2.75, 3.05) is 25.0 Å². The Morgan fingerprint density at radius 1 is 1.50 bits per heavy atom. The van der Waals surface area contributed by atoms with E-state index in [2.05, 4.69) is 26.6 Å². The van der Waals surface area contributed by atoms with Crippen LogP contribution in [0.4, 0.5) is 10.1 Å². The number of hydrogen-bond acceptors (Lipinski definition) is 2. The molecule has 2 rings (SSSR count). The van der Waals surface area contributed by atoms with Crippen molar-refractivity contribution in [2.45, 2.75) is 12.8 Å². The molecule has 1 aliphatic rings. The van der Waals surface area contributed by atoms with Gasteiger partial charge in [0.05, 0.1) is 5.69 Å². The van der Waals surface area contributed by atoms with Gasteiger partial charge in [-0.05, 0) is 50.0 Å². The van der Waals surface area contributed by atoms with Gasteiger partial charge in [-0.1, -0.05) is 15.9 Å². The van der Waals surface area contributed by atoms with Crippen molar-refractivity contribution in [3.05, 3.63) is 28.5 Å². The summed E-state index contributed by atoms with van der Waals surface area (Å²) >= 11 is 3.34. The van der Waals surface area contributed by atoms with E-state index in [4.69, 9.17) is 0 Å². The lowest BCUT2D eigenvalue weighted by molar-refractivity contribution is 0.392. The summed E-state index contributed by atoms with van der Waals surface area (Å²) < 4.78 is 14.3. The summed E-state index contributed by atoms with van der Waals surface area (Å²) in [4.78, 5) is 0. The standard InChI is InChI=1S/C12H16BrFN2/c13-10-3-4-11(14)12(6-10)16-8-9-2-1-5-15-7-9/h3-4,6,9,15-16H,1-2,5,7-8H2. The third-order valence-electron chi connectivity index (χ3n) is 2.91. The van der Waals surface area contributed by atoms with Crippen LogP contribution in [0.5, 0.6) is 0 Å². The zero-order valence-corrected chi connectivity index (χ0v) is 10.7. The van der Waals surface area contributed by atoms with E-state index in [1.165, 1.54) is 18.9 Å². The van der Waals surface area contributed by atoms with Crippen LogP contribution in [0.3, 0.4) is 0 Å². The van der Waals surface area contributed by atoms with Crippen molar-refractivity contribution in [3.63, 3.8) is 0 Å². The highest BCUT2D eigenvalue weighted by Crippen LogP contribution is 2.21. The quantitative estimate of drug-likeness (QED) is 0.893. The molecule has 0 aromatic heterocycles. The van der Waals surface area contributed by atoms with Crippen molar-refractivity contribution >= 4 is 21.6 Å². The maximum absolute atomic E-state index is 13.4. The maximum Gasteiger partial charge on any atom is 0.146 e. The van der Waals surface area contributed by atoms with Crippen LogP contribution in [0.15, 0.2) is 22.7 Å². The summed E-state index contributed by atoms with van der Waals surface area (Å²) in [5, 5.41) is 6.53. The van der Waals surface area contributed by atoms with Gasteiger partial charge in [-0.3, -0.25) is 0 Å². The van der Waals surface area contributed by atoms with Gasteiger partial charge in [0.1, 0.15) is 5.82 Å². The van der Waals surface area contributed by atoms with Crippen LogP contribution in [-0.2, 0) is 0 Å². The molecule has 4 heteroatoms. The van der Waals surface area contributed by atoms with Crippen LogP contribution in [-0.4, -0.2) is 19.6 Å². The minimum atomic E-state index is -0.188. The van der Waals surface area contributed by atoms with E-state index in [9.17, 15) is 4.39 Å². The number of benzene rings is 1. The molecule has 0 spiro atoms. The van der Waals surface area contributed by atoms with Gasteiger partial charge in [0.25, 0.3) is 0 Å². The van der Waals surface area contributed by atoms with Gasteiger partial charge in [0.2, 0.25) is 0 Å². The van der Waals surface area contributed by atoms with Crippen LogP contribution in [0.25, 0.3) is 0 Å². The molecule has 1 fully saturated rings. The molecule has 1 heterocycles. The fourth-order valence-electron chi connectivity index (χ4n) is 1.99. The lowest BCUT2D eigenvalue weighted by Gasteiger charge is -2.23. The molecule has 2 nitrogen and oxygen atoms in total. The lowest BCUT2D eigenvalue weighted by atomic mass is 10.00. The molecule has 1 atom stereocenters. The van der Waals surface area contributed by atoms with Gasteiger partial charge in [0.15, 0.2) is 0 Å². The second kappa shape index (κ2) is 5.64. The molecule has 88 valence electrons. The number of rotatable bonds is 3. The van der Waals surface area contributed by atoms with Crippen molar-refractivity contribution in [1.29, 1.82) is 0 Å². The van der Waals surface area contributed by atoms with Crippen LogP contribution in [0.2, 0.25) is 0 Å². The third kappa shape index (κ3) is 3.19. The smallest absolute Gasteiger partial charge is 0.146 e. The normalized spacial score (nSPS) is 20.8. The van der Waals surface area contributed by atoms with Gasteiger partial charge < -0.3 is 10.6 Å². The summed E-state index contributed by atoms with van der Waals surface area (Å²) in [5.41, 5.74) is 0.583. The van der Waals surface area contributed by atoms with Crippen LogP contribution in [0, 0.1) is 11.7 Å². The zero-order valence-electron chi connectivity index (χ0n) is 9.10. The minimum absolute atomic E-state index is 0.188. The van der Waals surface area contributed by atoms with Gasteiger partial charge in [-0.15, -0.1) is 0 Å². The molecular formula is C12H16BrFN2. The van der Waals surface area contributed by atoms with E-state index in [0.29, 0.717) is 11.6 Å². The van der Waals surface area contributed by atoms with Crippen LogP contribution < -0.4 is 10.6 Å². The Kier molecular flexibility index (Phi) is 4.18. The Morgan fingerprint density at radius 3 is 3.12 bits per heavy atom. The molecule has 1 unspecified atom stereocenters. The highest BCUT2D eigenvalue weighted by atomic mass is 79.9. The van der Waals surface area contributed by atoms with Gasteiger partial charge >= 0.3 is 0 Å². The van der Waals surface area contributed by atoms with Crippen molar-refractivity contribution in [1.82, 2.24) is 5.32 Å². The van der Waals surface area contributed by atoms with Gasteiger partial charge in [-0.2, -0.15) is 0 Å². The number of nitrogens with one attached hydrogen (secondary N) is 2. The zero-order chi connectivity index (χ0) is 11.4. The Morgan fingerprint density at radius 2 is 2.38 bits per heavy atom. The van der Waals surface area contributed by atoms with Gasteiger partial charge in [0, 0.05) is 11.0 Å². The van der Waals surface area contributed by atoms with E-state index in [0.717, 1.165) is 24.1 Å². The molecular weight excluding hydrogens is 271 g/mol. The summed E-state index contributed by atoms with van der Waals surface area (Å²) in [6, 6.07) is 4.97. The summed E-state index contributed by atoms with van der Waals surface area (Å²) in [6.07, 6.45) is 2.43. The van der Waals surface area contributed by atoms with E-state index < -0.39 is 0 Å². The Hall–Kier alpha value is -0.610. The van der Waals surface area contributed by atoms with Crippen molar-refractivity contribution in [3.8, 4) is 0 Å². The van der Waals surface area contributed by atoms with Crippen LogP contribution >= 0.6 is 15.9 Å². The molecule has 2 N–H and O–H groups in total. The molecule has 0 aliphatic carbocycles. The summed E-state index contributed by atoms with van der Waals surface area (Å²) in [7, 11) is 0. The first-order valence-electron chi connectivity index (χ1n) is 5.65. The van der Waals surface area contributed by atoms with Crippen molar-refractivity contribution in [2.24, 2.45) is 5.92 Å². The molecule has 0 amide bonds. The molecule has 0 radical (unpaired) electrons. The first kappa shape index (κ1) is 11.9. The SMILES string of the molecule is Fc1ccc(Br)cc1NCC1CCCNC1. The second-order valence-corrected chi connectivity index (χ2v) is 5.13. The molecule has 1 saturated heterocycles. The Balaban J connectivity index is 1.90. The highest BCUT2D eigenvalue weighted by molar-refractivity contribution is 9.10. The van der Waals surface area contributed by atoms with Crippen LogP contribution in [0.1, 0.15) is 12.8 Å². The van der Waals surface area contributed by atoms with E-state index in [-0.39, 0.29) is 5.82 Å². The third-order valence-corrected chi connectivity index (χ3v) is 3.40.